The number of hydrogen-bond donors (Lipinski definition) is 4. The van der Waals surface area contributed by atoms with Gasteiger partial charge in [-0.15, -0.1) is 11.3 Å². The molecule has 0 bridgehead atoms. The Morgan fingerprint density at radius 1 is 0.986 bits per heavy atom. The van der Waals surface area contributed by atoms with Gasteiger partial charge in [0.2, 0.25) is 23.6 Å². The van der Waals surface area contributed by atoms with E-state index in [9.17, 15) is 24.3 Å². The quantitative estimate of drug-likeness (QED) is 0.113. The van der Waals surface area contributed by atoms with E-state index in [1.165, 1.54) is 23.6 Å². The number of piperidine rings is 3. The highest BCUT2D eigenvalue weighted by Gasteiger charge is 2.42. The molecule has 3 aromatic heterocycles. The Kier molecular flexibility index (Phi) is 16.5. The lowest BCUT2D eigenvalue weighted by atomic mass is 9.80. The van der Waals surface area contributed by atoms with Crippen LogP contribution in [0.1, 0.15) is 83.9 Å². The molecule has 0 spiro atoms. The molecule has 4 fully saturated rings. The molecule has 4 aliphatic rings. The molecule has 4 aromatic rings. The minimum Gasteiger partial charge on any atom is -0.490 e. The van der Waals surface area contributed by atoms with Crippen molar-refractivity contribution in [3.05, 3.63) is 64.6 Å². The molecule has 5 N–H and O–H groups in total. The number of aryl methyl sites for hydroxylation is 1. The number of carbonyl (C=O) groups excluding carboxylic acids is 4. The van der Waals surface area contributed by atoms with Crippen LogP contribution in [-0.2, 0) is 25.7 Å². The van der Waals surface area contributed by atoms with Gasteiger partial charge in [0, 0.05) is 101 Å². The number of thiazole rings is 1. The summed E-state index contributed by atoms with van der Waals surface area (Å²) >= 11 is 10.0. The number of nitrogens with two attached hydrogens (primary N) is 1. The predicted octanol–water partition coefficient (Wildman–Crippen LogP) is 5.70. The highest BCUT2D eigenvalue weighted by molar-refractivity contribution is 7.99. The lowest BCUT2D eigenvalue weighted by Crippen LogP contribution is -2.55. The number of pyridine rings is 1. The monoisotopic (exact) mass is 1020 g/mol. The number of halogens is 1. The summed E-state index contributed by atoms with van der Waals surface area (Å²) in [6.07, 6.45) is 9.19. The number of carbonyl (C=O) groups is 4. The van der Waals surface area contributed by atoms with Crippen molar-refractivity contribution in [1.29, 1.82) is 0 Å². The van der Waals surface area contributed by atoms with E-state index < -0.39 is 30.0 Å². The van der Waals surface area contributed by atoms with Crippen LogP contribution in [0.25, 0.3) is 10.4 Å². The highest BCUT2D eigenvalue weighted by Crippen LogP contribution is 2.39. The molecule has 8 rings (SSSR count). The molecule has 0 unspecified atom stereocenters. The number of nitrogens with one attached hydrogen (secondary N) is 2. The largest absolute Gasteiger partial charge is 0.490 e. The number of hydrogen-bond acceptors (Lipinski definition) is 15. The van der Waals surface area contributed by atoms with Crippen LogP contribution in [0, 0.1) is 24.2 Å². The Hall–Kier alpha value is -5.08. The fourth-order valence-corrected chi connectivity index (χ4v) is 11.7. The van der Waals surface area contributed by atoms with Crippen molar-refractivity contribution in [3.8, 4) is 16.2 Å². The van der Waals surface area contributed by atoms with Crippen molar-refractivity contribution in [3.63, 3.8) is 0 Å². The van der Waals surface area contributed by atoms with Crippen molar-refractivity contribution in [2.45, 2.75) is 120 Å². The first-order valence-electron chi connectivity index (χ1n) is 24.5. The third-order valence-electron chi connectivity index (χ3n) is 14.3. The summed E-state index contributed by atoms with van der Waals surface area (Å²) < 4.78 is 6.74. The summed E-state index contributed by atoms with van der Waals surface area (Å²) in [5, 5.41) is 17.6. The van der Waals surface area contributed by atoms with Gasteiger partial charge in [0.05, 0.1) is 39.6 Å². The first kappa shape index (κ1) is 51.3. The minimum atomic E-state index is -0.898. The maximum atomic E-state index is 14.0. The number of ether oxygens (including phenoxy) is 1. The van der Waals surface area contributed by atoms with Gasteiger partial charge in [-0.05, 0) is 68.2 Å². The summed E-state index contributed by atoms with van der Waals surface area (Å²) in [7, 11) is 0. The fraction of sp³-hybridized carbons (Fsp3) is 0.560. The van der Waals surface area contributed by atoms with Gasteiger partial charge in [-0.1, -0.05) is 56.3 Å². The third-order valence-corrected chi connectivity index (χ3v) is 16.8. The molecule has 376 valence electrons. The van der Waals surface area contributed by atoms with Gasteiger partial charge in [-0.3, -0.25) is 19.2 Å². The summed E-state index contributed by atoms with van der Waals surface area (Å²) in [6.45, 7) is 14.3. The first-order chi connectivity index (χ1) is 33.6. The second-order valence-corrected chi connectivity index (χ2v) is 22.1. The van der Waals surface area contributed by atoms with Crippen molar-refractivity contribution in [2.75, 3.05) is 62.2 Å². The topological polar surface area (TPSA) is 212 Å². The Bertz CT molecular complexity index is 2490. The maximum Gasteiger partial charge on any atom is 0.246 e. The third kappa shape index (κ3) is 12.0. The van der Waals surface area contributed by atoms with Gasteiger partial charge < -0.3 is 45.8 Å². The molecule has 20 heteroatoms. The molecule has 3 atom stereocenters. The number of rotatable bonds is 15. The van der Waals surface area contributed by atoms with Crippen LogP contribution in [0.15, 0.2) is 58.3 Å². The van der Waals surface area contributed by atoms with Gasteiger partial charge in [0.15, 0.2) is 0 Å². The molecule has 7 heterocycles. The van der Waals surface area contributed by atoms with E-state index in [1.807, 2.05) is 61.6 Å². The van der Waals surface area contributed by atoms with Crippen LogP contribution in [0.5, 0.6) is 5.75 Å². The second-order valence-electron chi connectivity index (χ2n) is 19.8. The van der Waals surface area contributed by atoms with E-state index in [0.29, 0.717) is 75.0 Å². The van der Waals surface area contributed by atoms with Gasteiger partial charge >= 0.3 is 0 Å². The van der Waals surface area contributed by atoms with E-state index >= 15 is 0 Å². The first-order valence-corrected chi connectivity index (χ1v) is 26.5. The molecular formula is C50H66ClN11O6S2. The van der Waals surface area contributed by atoms with Crippen molar-refractivity contribution >= 4 is 70.0 Å². The molecule has 4 aliphatic heterocycles. The number of aliphatic hydroxyl groups is 1. The van der Waals surface area contributed by atoms with Gasteiger partial charge in [0.25, 0.3) is 0 Å². The Balaban J connectivity index is 0.847. The normalized spacial score (nSPS) is 20.4. The Labute approximate surface area is 423 Å². The van der Waals surface area contributed by atoms with E-state index in [4.69, 9.17) is 32.0 Å². The predicted molar refractivity (Wildman–Crippen MR) is 272 cm³/mol. The molecular weight excluding hydrogens is 950 g/mol. The van der Waals surface area contributed by atoms with Crippen LogP contribution < -0.4 is 30.9 Å². The SMILES string of the molecule is CC(=O)N[C@H](C(=O)N1C[C@H](O)C[C@H]1C(=O)NCc1ccc(-c2scnc2C)cc1OC1CCN(C(=O)C2CCN(c3nccc(Sc4cnc(N5CCC(C)(CN)CC5)cn4)c3Cl)CC2)CC1)C(C)C. The summed E-state index contributed by atoms with van der Waals surface area (Å²) in [4.78, 5) is 81.4. The smallest absolute Gasteiger partial charge is 0.246 e. The van der Waals surface area contributed by atoms with Gasteiger partial charge in [-0.2, -0.15) is 0 Å². The molecule has 4 amide bonds. The van der Waals surface area contributed by atoms with E-state index in [0.717, 1.165) is 63.4 Å². The number of benzene rings is 1. The zero-order valence-corrected chi connectivity index (χ0v) is 43.1. The zero-order chi connectivity index (χ0) is 49.7. The van der Waals surface area contributed by atoms with Crippen molar-refractivity contribution < 1.29 is 29.0 Å². The van der Waals surface area contributed by atoms with Crippen molar-refractivity contribution in [2.24, 2.45) is 23.0 Å². The second kappa shape index (κ2) is 22.6. The zero-order valence-electron chi connectivity index (χ0n) is 40.7. The summed E-state index contributed by atoms with van der Waals surface area (Å²) in [5.74, 6) is 0.892. The number of likely N-dealkylation sites (tertiary alicyclic amines) is 2. The summed E-state index contributed by atoms with van der Waals surface area (Å²) in [6, 6.07) is 6.09. The van der Waals surface area contributed by atoms with Gasteiger partial charge in [0.1, 0.15) is 40.6 Å². The number of aromatic nitrogens is 4. The highest BCUT2D eigenvalue weighted by atomic mass is 35.5. The van der Waals surface area contributed by atoms with Crippen LogP contribution in [0.2, 0.25) is 5.02 Å². The maximum absolute atomic E-state index is 14.0. The van der Waals surface area contributed by atoms with Crippen LogP contribution >= 0.6 is 34.7 Å². The average Bonchev–Trinajstić information content (AvgIpc) is 3.98. The average molecular weight is 1020 g/mol. The Morgan fingerprint density at radius 2 is 1.73 bits per heavy atom. The van der Waals surface area contributed by atoms with Gasteiger partial charge in [-0.25, -0.2) is 19.9 Å². The molecule has 4 saturated heterocycles. The molecule has 17 nitrogen and oxygen atoms in total. The standard InChI is InChI=1S/C50H66ClN11O6S2/c1-30(2)44(58-32(4)63)49(67)62-27-36(64)23-38(62)47(65)56-24-35-7-6-34(45-31(3)57-29-69-45)22-39(35)68-37-11-18-61(19-12-37)48(66)33-9-16-60(17-10-33)46-43(51)40(8-15-53-46)70-42-26-54-41(25-55-42)59-20-13-50(5,28-52)14-21-59/h6-8,15,22,25-26,29-30,33,36-38,44,64H,9-14,16-21,23-24,27-28,52H2,1-5H3,(H,56,65)(H,58,63)/t36-,38+,44+/m1/s1. The van der Waals surface area contributed by atoms with E-state index in [-0.39, 0.29) is 54.7 Å². The minimum absolute atomic E-state index is 0.000787. The number of β-amino-alcohol motifs (C(OH)–C–C–N with tert-alkyl or cyclic N) is 1. The Morgan fingerprint density at radius 3 is 2.37 bits per heavy atom. The van der Waals surface area contributed by atoms with E-state index in [1.54, 1.807) is 23.7 Å². The number of amides is 4. The summed E-state index contributed by atoms with van der Waals surface area (Å²) in [5.41, 5.74) is 10.6. The molecule has 1 aromatic carbocycles. The lowest BCUT2D eigenvalue weighted by molar-refractivity contribution is -0.142. The van der Waals surface area contributed by atoms with Crippen LogP contribution in [0.3, 0.4) is 0 Å². The number of anilines is 2. The van der Waals surface area contributed by atoms with Crippen molar-refractivity contribution in [1.82, 2.24) is 40.4 Å². The van der Waals surface area contributed by atoms with E-state index in [2.05, 4.69) is 37.3 Å². The fourth-order valence-electron chi connectivity index (χ4n) is 9.85. The molecule has 0 aliphatic carbocycles. The molecule has 0 saturated carbocycles. The number of nitrogens with zero attached hydrogens (tertiary/aromatic N) is 8. The molecule has 0 radical (unpaired) electrons. The molecule has 70 heavy (non-hydrogen) atoms. The van der Waals surface area contributed by atoms with Crippen LogP contribution in [0.4, 0.5) is 11.6 Å². The lowest BCUT2D eigenvalue weighted by Gasteiger charge is -2.39. The van der Waals surface area contributed by atoms with Crippen LogP contribution in [-0.4, -0.2) is 135 Å². The number of aliphatic hydroxyl groups excluding tert-OH is 1.